The molecule has 0 aromatic heterocycles. The fraction of sp³-hybridized carbons (Fsp3) is 0.417. The highest BCUT2D eigenvalue weighted by Gasteiger charge is 2.14. The molecular weight excluding hydrogens is 366 g/mol. The van der Waals surface area contributed by atoms with Crippen LogP contribution in [0.4, 0.5) is 5.69 Å². The lowest BCUT2D eigenvalue weighted by Crippen LogP contribution is -2.24. The van der Waals surface area contributed by atoms with Gasteiger partial charge in [0, 0.05) is 5.69 Å². The van der Waals surface area contributed by atoms with E-state index in [1.165, 1.54) is 0 Å². The van der Waals surface area contributed by atoms with E-state index in [-0.39, 0.29) is 25.0 Å². The second-order valence-electron chi connectivity index (χ2n) is 7.35. The number of esters is 1. The summed E-state index contributed by atoms with van der Waals surface area (Å²) in [6.45, 7) is 9.61. The molecule has 0 saturated heterocycles. The average Bonchev–Trinajstić information content (AvgIpc) is 2.70. The first-order chi connectivity index (χ1) is 13.8. The topological polar surface area (TPSA) is 64.6 Å². The Hall–Kier alpha value is -2.82. The van der Waals surface area contributed by atoms with Gasteiger partial charge in [-0.25, -0.2) is 4.79 Å². The van der Waals surface area contributed by atoms with E-state index in [9.17, 15) is 9.59 Å². The third-order valence-electron chi connectivity index (χ3n) is 4.76. The van der Waals surface area contributed by atoms with Crippen molar-refractivity contribution in [2.24, 2.45) is 0 Å². The van der Waals surface area contributed by atoms with Gasteiger partial charge in [-0.3, -0.25) is 4.79 Å². The highest BCUT2D eigenvalue weighted by Crippen LogP contribution is 2.27. The number of anilines is 1. The average molecular weight is 398 g/mol. The standard InChI is InChI=1S/C24H31NO4/c1-6-18-9-8-10-19(7-2)24(18)25-22(26)14-29-23(27)15-28-21-13-17(5)11-12-20(21)16(3)4/h8-13,16H,6-7,14-15H2,1-5H3,(H,25,26). The van der Waals surface area contributed by atoms with Gasteiger partial charge in [-0.05, 0) is 54.0 Å². The van der Waals surface area contributed by atoms with Crippen LogP contribution in [0.1, 0.15) is 55.9 Å². The number of rotatable bonds is 9. The summed E-state index contributed by atoms with van der Waals surface area (Å²) < 4.78 is 10.8. The van der Waals surface area contributed by atoms with Crippen LogP contribution in [0.2, 0.25) is 0 Å². The number of aryl methyl sites for hydroxylation is 3. The second kappa shape index (κ2) is 10.6. The van der Waals surface area contributed by atoms with Crippen molar-refractivity contribution in [3.63, 3.8) is 0 Å². The molecule has 1 amide bonds. The highest BCUT2D eigenvalue weighted by atomic mass is 16.6. The van der Waals surface area contributed by atoms with E-state index in [0.717, 1.165) is 40.8 Å². The lowest BCUT2D eigenvalue weighted by molar-refractivity contribution is -0.149. The Balaban J connectivity index is 1.91. The van der Waals surface area contributed by atoms with Crippen molar-refractivity contribution in [1.29, 1.82) is 0 Å². The molecule has 29 heavy (non-hydrogen) atoms. The van der Waals surface area contributed by atoms with Crippen LogP contribution in [-0.4, -0.2) is 25.1 Å². The number of hydrogen-bond acceptors (Lipinski definition) is 4. The van der Waals surface area contributed by atoms with E-state index in [2.05, 4.69) is 19.2 Å². The number of carbonyl (C=O) groups is 2. The van der Waals surface area contributed by atoms with Gasteiger partial charge < -0.3 is 14.8 Å². The molecule has 0 spiro atoms. The molecule has 0 fully saturated rings. The molecule has 0 atom stereocenters. The van der Waals surface area contributed by atoms with Gasteiger partial charge >= 0.3 is 5.97 Å². The Morgan fingerprint density at radius 3 is 2.24 bits per heavy atom. The Kier molecular flexibility index (Phi) is 8.25. The smallest absolute Gasteiger partial charge is 0.344 e. The second-order valence-corrected chi connectivity index (χ2v) is 7.35. The molecule has 2 aromatic carbocycles. The molecule has 0 aliphatic heterocycles. The summed E-state index contributed by atoms with van der Waals surface area (Å²) in [7, 11) is 0. The summed E-state index contributed by atoms with van der Waals surface area (Å²) in [6.07, 6.45) is 1.62. The van der Waals surface area contributed by atoms with E-state index in [4.69, 9.17) is 9.47 Å². The predicted octanol–water partition coefficient (Wildman–Crippen LogP) is 4.80. The first kappa shape index (κ1) is 22.5. The van der Waals surface area contributed by atoms with Gasteiger partial charge in [-0.1, -0.05) is 58.0 Å². The van der Waals surface area contributed by atoms with Gasteiger partial charge in [0.2, 0.25) is 0 Å². The van der Waals surface area contributed by atoms with Crippen molar-refractivity contribution >= 4 is 17.6 Å². The normalized spacial score (nSPS) is 10.7. The molecule has 0 saturated carbocycles. The molecule has 156 valence electrons. The fourth-order valence-corrected chi connectivity index (χ4v) is 3.15. The number of carbonyl (C=O) groups excluding carboxylic acids is 2. The first-order valence-corrected chi connectivity index (χ1v) is 10.1. The maximum absolute atomic E-state index is 12.3. The number of para-hydroxylation sites is 1. The zero-order valence-electron chi connectivity index (χ0n) is 18.0. The summed E-state index contributed by atoms with van der Waals surface area (Å²) in [5, 5.41) is 2.88. The number of benzene rings is 2. The number of amides is 1. The highest BCUT2D eigenvalue weighted by molar-refractivity contribution is 5.94. The first-order valence-electron chi connectivity index (χ1n) is 10.1. The minimum atomic E-state index is -0.573. The summed E-state index contributed by atoms with van der Waals surface area (Å²) >= 11 is 0. The van der Waals surface area contributed by atoms with Gasteiger partial charge in [-0.15, -0.1) is 0 Å². The predicted molar refractivity (Wildman–Crippen MR) is 116 cm³/mol. The Labute approximate surface area is 173 Å². The van der Waals surface area contributed by atoms with Crippen LogP contribution in [0.5, 0.6) is 5.75 Å². The minimum Gasteiger partial charge on any atom is -0.482 e. The Morgan fingerprint density at radius 1 is 1.00 bits per heavy atom. The maximum Gasteiger partial charge on any atom is 0.344 e. The molecule has 0 aliphatic carbocycles. The summed E-state index contributed by atoms with van der Waals surface area (Å²) in [6, 6.07) is 11.9. The van der Waals surface area contributed by atoms with Crippen molar-refractivity contribution in [2.45, 2.75) is 53.4 Å². The van der Waals surface area contributed by atoms with Crippen LogP contribution in [0, 0.1) is 6.92 Å². The SMILES string of the molecule is CCc1cccc(CC)c1NC(=O)COC(=O)COc1cc(C)ccc1C(C)C. The van der Waals surface area contributed by atoms with Crippen LogP contribution in [-0.2, 0) is 27.2 Å². The van der Waals surface area contributed by atoms with Gasteiger partial charge in [0.15, 0.2) is 13.2 Å². The number of nitrogens with one attached hydrogen (secondary N) is 1. The fourth-order valence-electron chi connectivity index (χ4n) is 3.15. The monoisotopic (exact) mass is 397 g/mol. The van der Waals surface area contributed by atoms with Crippen LogP contribution in [0.25, 0.3) is 0 Å². The van der Waals surface area contributed by atoms with Crippen LogP contribution < -0.4 is 10.1 Å². The zero-order chi connectivity index (χ0) is 21.4. The molecular formula is C24H31NO4. The molecule has 0 radical (unpaired) electrons. The van der Waals surface area contributed by atoms with E-state index < -0.39 is 5.97 Å². The molecule has 2 aromatic rings. The van der Waals surface area contributed by atoms with Crippen LogP contribution >= 0.6 is 0 Å². The molecule has 0 aliphatic rings. The number of ether oxygens (including phenoxy) is 2. The van der Waals surface area contributed by atoms with E-state index >= 15 is 0 Å². The van der Waals surface area contributed by atoms with Crippen LogP contribution in [0.15, 0.2) is 36.4 Å². The van der Waals surface area contributed by atoms with Crippen molar-refractivity contribution in [3.05, 3.63) is 58.7 Å². The van der Waals surface area contributed by atoms with E-state index in [0.29, 0.717) is 5.75 Å². The van der Waals surface area contributed by atoms with E-state index in [1.807, 2.05) is 57.2 Å². The van der Waals surface area contributed by atoms with Crippen molar-refractivity contribution in [3.8, 4) is 5.75 Å². The molecule has 0 heterocycles. The van der Waals surface area contributed by atoms with Crippen LogP contribution in [0.3, 0.4) is 0 Å². The molecule has 1 N–H and O–H groups in total. The summed E-state index contributed by atoms with van der Waals surface area (Å²) in [5.74, 6) is 0.0212. The molecule has 5 nitrogen and oxygen atoms in total. The van der Waals surface area contributed by atoms with Crippen molar-refractivity contribution in [2.75, 3.05) is 18.5 Å². The van der Waals surface area contributed by atoms with Crippen molar-refractivity contribution in [1.82, 2.24) is 0 Å². The molecule has 0 bridgehead atoms. The minimum absolute atomic E-state index is 0.234. The Morgan fingerprint density at radius 2 is 1.66 bits per heavy atom. The lowest BCUT2D eigenvalue weighted by atomic mass is 10.0. The van der Waals surface area contributed by atoms with E-state index in [1.54, 1.807) is 0 Å². The zero-order valence-corrected chi connectivity index (χ0v) is 18.0. The quantitative estimate of drug-likeness (QED) is 0.617. The third kappa shape index (κ3) is 6.34. The molecule has 5 heteroatoms. The van der Waals surface area contributed by atoms with Gasteiger partial charge in [-0.2, -0.15) is 0 Å². The number of hydrogen-bond donors (Lipinski definition) is 1. The largest absolute Gasteiger partial charge is 0.482 e. The Bertz CT molecular complexity index is 836. The summed E-state index contributed by atoms with van der Waals surface area (Å²) in [4.78, 5) is 24.3. The molecule has 2 rings (SSSR count). The van der Waals surface area contributed by atoms with Gasteiger partial charge in [0.05, 0.1) is 0 Å². The van der Waals surface area contributed by atoms with Gasteiger partial charge in [0.25, 0.3) is 5.91 Å². The van der Waals surface area contributed by atoms with Gasteiger partial charge in [0.1, 0.15) is 5.75 Å². The van der Waals surface area contributed by atoms with Crippen molar-refractivity contribution < 1.29 is 19.1 Å². The summed E-state index contributed by atoms with van der Waals surface area (Å²) in [5.41, 5.74) is 5.03. The third-order valence-corrected chi connectivity index (χ3v) is 4.76. The molecule has 0 unspecified atom stereocenters. The maximum atomic E-state index is 12.3. The lowest BCUT2D eigenvalue weighted by Gasteiger charge is -2.15.